The van der Waals surface area contributed by atoms with E-state index in [0.717, 1.165) is 18.2 Å². The van der Waals surface area contributed by atoms with E-state index in [1.54, 1.807) is 12.1 Å². The van der Waals surface area contributed by atoms with E-state index >= 15 is 0 Å². The van der Waals surface area contributed by atoms with Crippen LogP contribution in [-0.4, -0.2) is 45.7 Å². The zero-order chi connectivity index (χ0) is 17.5. The van der Waals surface area contributed by atoms with Crippen LogP contribution in [0, 0.1) is 0 Å². The van der Waals surface area contributed by atoms with Crippen LogP contribution >= 0.6 is 11.8 Å². The minimum atomic E-state index is -0.964. The van der Waals surface area contributed by atoms with E-state index in [1.807, 2.05) is 0 Å². The Kier molecular flexibility index (Phi) is 6.62. The standard InChI is InChI=1S/C16H18N2O5S/c1-10(19)24-13(15(21)11-5-2-3-7-17-11)9-14(20)23-16(22)12-6-4-8-18-12/h2-3,5,7,12-13,18H,4,6,8-9H2,1H3/t12-,13?/m0/s1. The number of thioether (sulfide) groups is 1. The van der Waals surface area contributed by atoms with Crippen LogP contribution in [0.15, 0.2) is 24.4 Å². The summed E-state index contributed by atoms with van der Waals surface area (Å²) in [5.74, 6) is -1.91. The van der Waals surface area contributed by atoms with Gasteiger partial charge in [0.1, 0.15) is 11.7 Å². The number of esters is 2. The van der Waals surface area contributed by atoms with Crippen molar-refractivity contribution in [3.05, 3.63) is 30.1 Å². The minimum Gasteiger partial charge on any atom is -0.392 e. The molecule has 0 radical (unpaired) electrons. The SMILES string of the molecule is CC(=O)SC(CC(=O)OC(=O)[C@@H]1CCCN1)C(=O)c1ccccn1. The quantitative estimate of drug-likeness (QED) is 0.463. The summed E-state index contributed by atoms with van der Waals surface area (Å²) < 4.78 is 4.79. The summed E-state index contributed by atoms with van der Waals surface area (Å²) in [6.07, 6.45) is 2.55. The third-order valence-electron chi connectivity index (χ3n) is 3.43. The van der Waals surface area contributed by atoms with Crippen LogP contribution in [0.3, 0.4) is 0 Å². The average molecular weight is 350 g/mol. The Morgan fingerprint density at radius 1 is 1.38 bits per heavy atom. The molecule has 1 aromatic heterocycles. The minimum absolute atomic E-state index is 0.160. The van der Waals surface area contributed by atoms with Crippen LogP contribution in [-0.2, 0) is 19.1 Å². The lowest BCUT2D eigenvalue weighted by Gasteiger charge is -2.13. The van der Waals surface area contributed by atoms with Crippen molar-refractivity contribution in [2.45, 2.75) is 37.5 Å². The zero-order valence-corrected chi connectivity index (χ0v) is 14.0. The van der Waals surface area contributed by atoms with Gasteiger partial charge in [-0.1, -0.05) is 17.8 Å². The van der Waals surface area contributed by atoms with Crippen LogP contribution in [0.4, 0.5) is 0 Å². The molecule has 128 valence electrons. The van der Waals surface area contributed by atoms with Gasteiger partial charge in [0.25, 0.3) is 0 Å². The monoisotopic (exact) mass is 350 g/mol. The second-order valence-corrected chi connectivity index (χ2v) is 6.70. The molecule has 0 amide bonds. The Labute approximate surface area is 143 Å². The maximum Gasteiger partial charge on any atom is 0.330 e. The van der Waals surface area contributed by atoms with Gasteiger partial charge < -0.3 is 10.1 Å². The molecule has 2 rings (SSSR count). The number of carbonyl (C=O) groups is 4. The fourth-order valence-electron chi connectivity index (χ4n) is 2.32. The normalized spacial score (nSPS) is 18.0. The number of pyridine rings is 1. The molecule has 2 atom stereocenters. The summed E-state index contributed by atoms with van der Waals surface area (Å²) in [7, 11) is 0. The van der Waals surface area contributed by atoms with E-state index in [0.29, 0.717) is 13.0 Å². The van der Waals surface area contributed by atoms with Gasteiger partial charge in [-0.25, -0.2) is 4.79 Å². The van der Waals surface area contributed by atoms with Crippen molar-refractivity contribution < 1.29 is 23.9 Å². The first kappa shape index (κ1) is 18.3. The molecular weight excluding hydrogens is 332 g/mol. The molecule has 7 nitrogen and oxygen atoms in total. The number of nitrogens with one attached hydrogen (secondary N) is 1. The molecule has 1 N–H and O–H groups in total. The predicted octanol–water partition coefficient (Wildman–Crippen LogP) is 1.12. The number of carbonyl (C=O) groups excluding carboxylic acids is 4. The number of ether oxygens (including phenoxy) is 1. The third-order valence-corrected chi connectivity index (χ3v) is 4.43. The lowest BCUT2D eigenvalue weighted by atomic mass is 10.1. The molecule has 0 aliphatic carbocycles. The predicted molar refractivity (Wildman–Crippen MR) is 87.4 cm³/mol. The number of hydrogen-bond acceptors (Lipinski definition) is 8. The number of ketones is 1. The van der Waals surface area contributed by atoms with Crippen LogP contribution in [0.25, 0.3) is 0 Å². The molecule has 1 aromatic rings. The van der Waals surface area contributed by atoms with Crippen LogP contribution < -0.4 is 5.32 Å². The van der Waals surface area contributed by atoms with Gasteiger partial charge >= 0.3 is 11.9 Å². The summed E-state index contributed by atoms with van der Waals surface area (Å²) in [6, 6.07) is 4.32. The Morgan fingerprint density at radius 2 is 2.17 bits per heavy atom. The van der Waals surface area contributed by atoms with E-state index in [-0.39, 0.29) is 17.2 Å². The van der Waals surface area contributed by atoms with Gasteiger partial charge in [-0.15, -0.1) is 0 Å². The zero-order valence-electron chi connectivity index (χ0n) is 13.2. The summed E-state index contributed by atoms with van der Waals surface area (Å²) in [6.45, 7) is 2.01. The molecule has 24 heavy (non-hydrogen) atoms. The van der Waals surface area contributed by atoms with Crippen LogP contribution in [0.1, 0.15) is 36.7 Å². The highest BCUT2D eigenvalue weighted by atomic mass is 32.2. The topological polar surface area (TPSA) is 102 Å². The van der Waals surface area contributed by atoms with Gasteiger partial charge in [-0.05, 0) is 31.5 Å². The molecule has 0 bridgehead atoms. The molecule has 1 unspecified atom stereocenters. The Morgan fingerprint density at radius 3 is 2.75 bits per heavy atom. The first-order valence-corrected chi connectivity index (χ1v) is 8.45. The lowest BCUT2D eigenvalue weighted by molar-refractivity contribution is -0.160. The molecule has 2 heterocycles. The van der Waals surface area contributed by atoms with Crippen LogP contribution in [0.5, 0.6) is 0 Å². The maximum atomic E-state index is 12.4. The first-order chi connectivity index (χ1) is 11.5. The largest absolute Gasteiger partial charge is 0.392 e. The Bertz CT molecular complexity index is 629. The van der Waals surface area contributed by atoms with Gasteiger partial charge in [0.15, 0.2) is 10.9 Å². The van der Waals surface area contributed by atoms with Gasteiger partial charge in [-0.2, -0.15) is 0 Å². The van der Waals surface area contributed by atoms with Crippen LogP contribution in [0.2, 0.25) is 0 Å². The van der Waals surface area contributed by atoms with E-state index in [2.05, 4.69) is 10.3 Å². The first-order valence-electron chi connectivity index (χ1n) is 7.57. The van der Waals surface area contributed by atoms with Crippen molar-refractivity contribution in [3.8, 4) is 0 Å². The fraction of sp³-hybridized carbons (Fsp3) is 0.438. The van der Waals surface area contributed by atoms with Crippen molar-refractivity contribution in [2.75, 3.05) is 6.54 Å². The molecule has 0 aromatic carbocycles. The van der Waals surface area contributed by atoms with Crippen molar-refractivity contribution >= 4 is 34.6 Å². The molecule has 0 spiro atoms. The summed E-state index contributed by atoms with van der Waals surface area (Å²) in [4.78, 5) is 51.5. The summed E-state index contributed by atoms with van der Waals surface area (Å²) in [5, 5.41) is 1.66. The number of hydrogen-bond donors (Lipinski definition) is 1. The number of Topliss-reactive ketones (excluding diaryl/α,β-unsaturated/α-hetero) is 1. The fourth-order valence-corrected chi connectivity index (χ4v) is 3.17. The summed E-state index contributed by atoms with van der Waals surface area (Å²) in [5.41, 5.74) is 0.160. The van der Waals surface area contributed by atoms with E-state index in [9.17, 15) is 19.2 Å². The second-order valence-electron chi connectivity index (χ2n) is 5.32. The number of rotatable bonds is 6. The summed E-state index contributed by atoms with van der Waals surface area (Å²) >= 11 is 0.734. The van der Waals surface area contributed by atoms with E-state index in [1.165, 1.54) is 19.2 Å². The van der Waals surface area contributed by atoms with Crippen molar-refractivity contribution in [1.82, 2.24) is 10.3 Å². The molecule has 1 fully saturated rings. The van der Waals surface area contributed by atoms with Gasteiger partial charge in [0, 0.05) is 13.1 Å². The molecule has 1 saturated heterocycles. The highest BCUT2D eigenvalue weighted by Gasteiger charge is 2.30. The smallest absolute Gasteiger partial charge is 0.330 e. The van der Waals surface area contributed by atoms with Gasteiger partial charge in [0.2, 0.25) is 0 Å². The molecule has 1 aliphatic rings. The number of aromatic nitrogens is 1. The number of nitrogens with zero attached hydrogens (tertiary/aromatic N) is 1. The van der Waals surface area contributed by atoms with E-state index < -0.39 is 29.0 Å². The van der Waals surface area contributed by atoms with E-state index in [4.69, 9.17) is 4.74 Å². The Hall–Kier alpha value is -2.06. The van der Waals surface area contributed by atoms with Gasteiger partial charge in [-0.3, -0.25) is 19.4 Å². The van der Waals surface area contributed by atoms with Crippen molar-refractivity contribution in [3.63, 3.8) is 0 Å². The van der Waals surface area contributed by atoms with Crippen molar-refractivity contribution in [2.24, 2.45) is 0 Å². The average Bonchev–Trinajstić information content (AvgIpc) is 3.08. The second kappa shape index (κ2) is 8.70. The maximum absolute atomic E-state index is 12.4. The molecular formula is C16H18N2O5S. The third kappa shape index (κ3) is 5.24. The van der Waals surface area contributed by atoms with Crippen molar-refractivity contribution in [1.29, 1.82) is 0 Å². The highest BCUT2D eigenvalue weighted by Crippen LogP contribution is 2.21. The van der Waals surface area contributed by atoms with Gasteiger partial charge in [0.05, 0.1) is 11.7 Å². The molecule has 1 aliphatic heterocycles. The lowest BCUT2D eigenvalue weighted by Crippen LogP contribution is -2.35. The molecule has 8 heteroatoms. The Balaban J connectivity index is 1.99. The highest BCUT2D eigenvalue weighted by molar-refractivity contribution is 8.14. The molecule has 0 saturated carbocycles.